The minimum absolute atomic E-state index is 0.734. The zero-order chi connectivity index (χ0) is 8.69. The molecule has 0 unspecified atom stereocenters. The standard InChI is InChI=1S/C8H15N.C2H6/c1-7(2)8-4-3-5-9-6-8;1-2/h4,7,9H,3,5-6H2,1-2H3;1-2H3. The third kappa shape index (κ3) is 4.20. The Morgan fingerprint density at radius 3 is 2.27 bits per heavy atom. The van der Waals surface area contributed by atoms with Crippen molar-refractivity contribution in [2.24, 2.45) is 5.92 Å². The predicted octanol–water partition coefficient (Wildman–Crippen LogP) is 2.59. The average molecular weight is 155 g/mol. The predicted molar refractivity (Wildman–Crippen MR) is 51.8 cm³/mol. The molecule has 1 nitrogen and oxygen atoms in total. The van der Waals surface area contributed by atoms with Gasteiger partial charge in [-0.25, -0.2) is 0 Å². The zero-order valence-corrected chi connectivity index (χ0v) is 8.28. The summed E-state index contributed by atoms with van der Waals surface area (Å²) in [6.07, 6.45) is 3.58. The highest BCUT2D eigenvalue weighted by molar-refractivity contribution is 5.09. The fourth-order valence-electron chi connectivity index (χ4n) is 1.10. The molecule has 0 amide bonds. The first-order chi connectivity index (χ1) is 5.30. The molecule has 0 saturated carbocycles. The second kappa shape index (κ2) is 6.41. The van der Waals surface area contributed by atoms with Gasteiger partial charge in [0.1, 0.15) is 0 Å². The Bertz CT molecular complexity index is 114. The van der Waals surface area contributed by atoms with Gasteiger partial charge in [-0.1, -0.05) is 39.3 Å². The first-order valence-corrected chi connectivity index (χ1v) is 4.70. The van der Waals surface area contributed by atoms with E-state index in [-0.39, 0.29) is 0 Å². The number of nitrogens with one attached hydrogen (secondary N) is 1. The van der Waals surface area contributed by atoms with Crippen molar-refractivity contribution in [1.29, 1.82) is 0 Å². The molecule has 66 valence electrons. The second-order valence-electron chi connectivity index (χ2n) is 2.90. The molecule has 0 fully saturated rings. The maximum Gasteiger partial charge on any atom is 0.0167 e. The van der Waals surface area contributed by atoms with Crippen molar-refractivity contribution in [2.45, 2.75) is 34.1 Å². The Hall–Kier alpha value is -0.300. The summed E-state index contributed by atoms with van der Waals surface area (Å²) in [5.41, 5.74) is 1.57. The van der Waals surface area contributed by atoms with Gasteiger partial charge in [-0.2, -0.15) is 0 Å². The maximum absolute atomic E-state index is 3.35. The first kappa shape index (κ1) is 10.7. The van der Waals surface area contributed by atoms with Crippen molar-refractivity contribution in [1.82, 2.24) is 5.32 Å². The molecule has 11 heavy (non-hydrogen) atoms. The summed E-state index contributed by atoms with van der Waals surface area (Å²) in [7, 11) is 0. The molecule has 0 aromatic rings. The monoisotopic (exact) mass is 155 g/mol. The van der Waals surface area contributed by atoms with E-state index in [0.29, 0.717) is 0 Å². The van der Waals surface area contributed by atoms with Crippen molar-refractivity contribution in [3.63, 3.8) is 0 Å². The van der Waals surface area contributed by atoms with Crippen LogP contribution in [0.2, 0.25) is 0 Å². The Morgan fingerprint density at radius 2 is 2.00 bits per heavy atom. The van der Waals surface area contributed by atoms with E-state index in [9.17, 15) is 0 Å². The van der Waals surface area contributed by atoms with Crippen molar-refractivity contribution in [3.05, 3.63) is 11.6 Å². The summed E-state index contributed by atoms with van der Waals surface area (Å²) in [5, 5.41) is 3.35. The largest absolute Gasteiger partial charge is 0.313 e. The summed E-state index contributed by atoms with van der Waals surface area (Å²) in [5.74, 6) is 0.734. The zero-order valence-electron chi connectivity index (χ0n) is 8.28. The van der Waals surface area contributed by atoms with E-state index in [2.05, 4.69) is 25.2 Å². The smallest absolute Gasteiger partial charge is 0.0167 e. The summed E-state index contributed by atoms with van der Waals surface area (Å²) in [6.45, 7) is 10.8. The molecule has 1 N–H and O–H groups in total. The van der Waals surface area contributed by atoms with Gasteiger partial charge in [-0.05, 0) is 18.9 Å². The Morgan fingerprint density at radius 1 is 1.36 bits per heavy atom. The minimum Gasteiger partial charge on any atom is -0.313 e. The van der Waals surface area contributed by atoms with Crippen LogP contribution in [0.4, 0.5) is 0 Å². The highest BCUT2D eigenvalue weighted by atomic mass is 14.9. The average Bonchev–Trinajstić information content (AvgIpc) is 2.10. The molecule has 1 aliphatic rings. The van der Waals surface area contributed by atoms with E-state index in [1.54, 1.807) is 5.57 Å². The molecule has 0 aromatic heterocycles. The lowest BCUT2D eigenvalue weighted by Crippen LogP contribution is -2.24. The van der Waals surface area contributed by atoms with Crippen molar-refractivity contribution < 1.29 is 0 Å². The van der Waals surface area contributed by atoms with Crippen LogP contribution in [-0.4, -0.2) is 13.1 Å². The Balaban J connectivity index is 0.000000461. The van der Waals surface area contributed by atoms with Crippen LogP contribution in [0.3, 0.4) is 0 Å². The molecule has 0 saturated heterocycles. The molecule has 0 bridgehead atoms. The van der Waals surface area contributed by atoms with Gasteiger partial charge >= 0.3 is 0 Å². The topological polar surface area (TPSA) is 12.0 Å². The van der Waals surface area contributed by atoms with Crippen LogP contribution in [0.25, 0.3) is 0 Å². The van der Waals surface area contributed by atoms with E-state index in [1.807, 2.05) is 13.8 Å². The normalized spacial score (nSPS) is 17.0. The molecule has 0 atom stereocenters. The van der Waals surface area contributed by atoms with Gasteiger partial charge in [-0.3, -0.25) is 0 Å². The molecular formula is C10H21N. The van der Waals surface area contributed by atoms with Crippen molar-refractivity contribution >= 4 is 0 Å². The van der Waals surface area contributed by atoms with E-state index >= 15 is 0 Å². The van der Waals surface area contributed by atoms with Crippen LogP contribution in [0.15, 0.2) is 11.6 Å². The highest BCUT2D eigenvalue weighted by Crippen LogP contribution is 2.11. The van der Waals surface area contributed by atoms with Gasteiger partial charge in [0.2, 0.25) is 0 Å². The molecular weight excluding hydrogens is 134 g/mol. The van der Waals surface area contributed by atoms with Crippen LogP contribution in [-0.2, 0) is 0 Å². The van der Waals surface area contributed by atoms with Gasteiger partial charge in [0.05, 0.1) is 0 Å². The molecule has 0 aromatic carbocycles. The molecule has 0 radical (unpaired) electrons. The van der Waals surface area contributed by atoms with Crippen LogP contribution >= 0.6 is 0 Å². The fraction of sp³-hybridized carbons (Fsp3) is 0.800. The van der Waals surface area contributed by atoms with Gasteiger partial charge in [0.25, 0.3) is 0 Å². The minimum atomic E-state index is 0.734. The van der Waals surface area contributed by atoms with E-state index < -0.39 is 0 Å². The number of hydrogen-bond acceptors (Lipinski definition) is 1. The van der Waals surface area contributed by atoms with Crippen LogP contribution < -0.4 is 5.32 Å². The lowest BCUT2D eigenvalue weighted by Gasteiger charge is -2.16. The highest BCUT2D eigenvalue weighted by Gasteiger charge is 2.04. The second-order valence-corrected chi connectivity index (χ2v) is 2.90. The lowest BCUT2D eigenvalue weighted by atomic mass is 10.0. The molecule has 0 spiro atoms. The van der Waals surface area contributed by atoms with Gasteiger partial charge < -0.3 is 5.32 Å². The quantitative estimate of drug-likeness (QED) is 0.574. The van der Waals surface area contributed by atoms with Crippen LogP contribution in [0.5, 0.6) is 0 Å². The summed E-state index contributed by atoms with van der Waals surface area (Å²) in [4.78, 5) is 0. The Labute approximate surface area is 70.9 Å². The van der Waals surface area contributed by atoms with Crippen LogP contribution in [0, 0.1) is 5.92 Å². The van der Waals surface area contributed by atoms with Crippen molar-refractivity contribution in [2.75, 3.05) is 13.1 Å². The number of rotatable bonds is 1. The third-order valence-electron chi connectivity index (χ3n) is 1.80. The van der Waals surface area contributed by atoms with E-state index in [4.69, 9.17) is 0 Å². The Kier molecular flexibility index (Phi) is 6.24. The summed E-state index contributed by atoms with van der Waals surface area (Å²) in [6, 6.07) is 0. The van der Waals surface area contributed by atoms with Crippen LogP contribution in [0.1, 0.15) is 34.1 Å². The SMILES string of the molecule is CC.CC(C)C1=CCCNC1. The van der Waals surface area contributed by atoms with Gasteiger partial charge in [0.15, 0.2) is 0 Å². The molecule has 1 heterocycles. The van der Waals surface area contributed by atoms with E-state index in [0.717, 1.165) is 19.0 Å². The molecule has 0 aliphatic carbocycles. The molecule has 1 rings (SSSR count). The third-order valence-corrected chi connectivity index (χ3v) is 1.80. The molecule has 1 aliphatic heterocycles. The lowest BCUT2D eigenvalue weighted by molar-refractivity contribution is 0.627. The van der Waals surface area contributed by atoms with Gasteiger partial charge in [-0.15, -0.1) is 0 Å². The summed E-state index contributed by atoms with van der Waals surface area (Å²) >= 11 is 0. The first-order valence-electron chi connectivity index (χ1n) is 4.70. The van der Waals surface area contributed by atoms with Crippen molar-refractivity contribution in [3.8, 4) is 0 Å². The maximum atomic E-state index is 3.35. The fourth-order valence-corrected chi connectivity index (χ4v) is 1.10. The van der Waals surface area contributed by atoms with Gasteiger partial charge in [0, 0.05) is 6.54 Å². The summed E-state index contributed by atoms with van der Waals surface area (Å²) < 4.78 is 0. The molecule has 1 heteroatoms. The van der Waals surface area contributed by atoms with E-state index in [1.165, 1.54) is 6.42 Å². The number of hydrogen-bond donors (Lipinski definition) is 1.